The molecule has 5 N–H and O–H groups in total. The van der Waals surface area contributed by atoms with Crippen molar-refractivity contribution in [2.24, 2.45) is 0 Å². The Kier molecular flexibility index (Phi) is 6.33. The summed E-state index contributed by atoms with van der Waals surface area (Å²) in [5, 5.41) is 15.4. The van der Waals surface area contributed by atoms with E-state index in [-0.39, 0.29) is 28.4 Å². The zero-order chi connectivity index (χ0) is 22.7. The summed E-state index contributed by atoms with van der Waals surface area (Å²) in [5.41, 5.74) is 5.40. The lowest BCUT2D eigenvalue weighted by Crippen LogP contribution is -2.23. The zero-order valence-electron chi connectivity index (χ0n) is 17.5. The minimum atomic E-state index is -1.41. The first-order valence-corrected chi connectivity index (χ1v) is 9.77. The van der Waals surface area contributed by atoms with Crippen LogP contribution in [0.15, 0.2) is 41.3 Å². The Morgan fingerprint density at radius 3 is 2.45 bits per heavy atom. The van der Waals surface area contributed by atoms with E-state index in [4.69, 9.17) is 10.5 Å². The summed E-state index contributed by atoms with van der Waals surface area (Å²) in [4.78, 5) is 24.3. The number of ether oxygens (including phenoxy) is 1. The number of fused-ring (bicyclic) bond motifs is 1. The Balaban J connectivity index is 2.09. The number of nitrogens with two attached hydrogens (primary N) is 1. The Labute approximate surface area is 178 Å². The minimum absolute atomic E-state index is 0.0132. The van der Waals surface area contributed by atoms with Gasteiger partial charge in [0.15, 0.2) is 11.6 Å². The molecule has 0 aliphatic heterocycles. The third-order valence-electron chi connectivity index (χ3n) is 4.92. The van der Waals surface area contributed by atoms with Crippen LogP contribution in [0.1, 0.15) is 30.2 Å². The number of aromatic nitrogens is 1. The topological polar surface area (TPSA) is 119 Å². The van der Waals surface area contributed by atoms with Gasteiger partial charge in [-0.2, -0.15) is 0 Å². The van der Waals surface area contributed by atoms with Gasteiger partial charge in [-0.25, -0.2) is 9.18 Å². The number of rotatable bonds is 8. The second-order valence-electron chi connectivity index (χ2n) is 7.26. The second kappa shape index (κ2) is 8.95. The van der Waals surface area contributed by atoms with Crippen molar-refractivity contribution in [1.82, 2.24) is 4.57 Å². The lowest BCUT2D eigenvalue weighted by molar-refractivity contribution is 0.0694. The minimum Gasteiger partial charge on any atom is -0.492 e. The number of carboxylic acid groups (broad SMARTS) is 1. The molecular weight excluding hydrogens is 403 g/mol. The largest absolute Gasteiger partial charge is 0.492 e. The van der Waals surface area contributed by atoms with Crippen molar-refractivity contribution in [3.05, 3.63) is 58.1 Å². The van der Waals surface area contributed by atoms with Gasteiger partial charge in [0.25, 0.3) is 0 Å². The van der Waals surface area contributed by atoms with Crippen LogP contribution in [0.25, 0.3) is 10.9 Å². The Hall–Kier alpha value is -3.75. The van der Waals surface area contributed by atoms with Crippen molar-refractivity contribution >= 4 is 33.9 Å². The van der Waals surface area contributed by atoms with E-state index in [9.17, 15) is 14.7 Å². The third-order valence-corrected chi connectivity index (χ3v) is 4.92. The monoisotopic (exact) mass is 428 g/mol. The number of benzene rings is 2. The molecule has 8 nitrogen and oxygen atoms in total. The van der Waals surface area contributed by atoms with E-state index in [1.807, 2.05) is 44.2 Å². The van der Waals surface area contributed by atoms with Crippen molar-refractivity contribution in [1.29, 1.82) is 0 Å². The van der Waals surface area contributed by atoms with Gasteiger partial charge in [0, 0.05) is 31.0 Å². The molecule has 0 amide bonds. The van der Waals surface area contributed by atoms with Crippen LogP contribution in [0.5, 0.6) is 5.75 Å². The number of halogens is 1. The van der Waals surface area contributed by atoms with E-state index >= 15 is 4.39 Å². The third kappa shape index (κ3) is 4.11. The molecule has 0 atom stereocenters. The summed E-state index contributed by atoms with van der Waals surface area (Å²) in [5.74, 6) is -2.18. The molecule has 3 rings (SSSR count). The SMILES string of the molecule is COc1c(NCCNc2ccccc2)c(F)c(N)c2c(=O)c(C(=O)O)cn(C(C)C)c12. The fourth-order valence-corrected chi connectivity index (χ4v) is 3.44. The average molecular weight is 428 g/mol. The number of nitrogens with zero attached hydrogens (tertiary/aromatic N) is 1. The van der Waals surface area contributed by atoms with Crippen LogP contribution in [-0.4, -0.2) is 35.8 Å². The maximum atomic E-state index is 15.2. The maximum Gasteiger partial charge on any atom is 0.341 e. The van der Waals surface area contributed by atoms with Gasteiger partial charge in [0.2, 0.25) is 5.43 Å². The van der Waals surface area contributed by atoms with Gasteiger partial charge in [-0.1, -0.05) is 18.2 Å². The normalized spacial score (nSPS) is 11.0. The van der Waals surface area contributed by atoms with Gasteiger partial charge in [-0.15, -0.1) is 0 Å². The number of hydrogen-bond donors (Lipinski definition) is 4. The van der Waals surface area contributed by atoms with Gasteiger partial charge < -0.3 is 30.8 Å². The number of anilines is 3. The second-order valence-corrected chi connectivity index (χ2v) is 7.26. The molecule has 0 saturated heterocycles. The number of aromatic carboxylic acids is 1. The highest BCUT2D eigenvalue weighted by Gasteiger charge is 2.26. The molecule has 9 heteroatoms. The molecule has 0 unspecified atom stereocenters. The fraction of sp³-hybridized carbons (Fsp3) is 0.273. The van der Waals surface area contributed by atoms with Gasteiger partial charge in [0.1, 0.15) is 11.3 Å². The number of methoxy groups -OCH3 is 1. The lowest BCUT2D eigenvalue weighted by Gasteiger charge is -2.22. The van der Waals surface area contributed by atoms with Crippen molar-refractivity contribution in [3.63, 3.8) is 0 Å². The Morgan fingerprint density at radius 2 is 1.87 bits per heavy atom. The van der Waals surface area contributed by atoms with E-state index < -0.39 is 28.5 Å². The quantitative estimate of drug-likeness (QED) is 0.320. The predicted molar refractivity (Wildman–Crippen MR) is 120 cm³/mol. The van der Waals surface area contributed by atoms with Crippen molar-refractivity contribution in [2.75, 3.05) is 36.6 Å². The number of carbonyl (C=O) groups is 1. The summed E-state index contributed by atoms with van der Waals surface area (Å²) in [7, 11) is 1.36. The van der Waals surface area contributed by atoms with Gasteiger partial charge in [-0.3, -0.25) is 4.79 Å². The van der Waals surface area contributed by atoms with Crippen LogP contribution in [0, 0.1) is 5.82 Å². The number of para-hydroxylation sites is 1. The molecule has 164 valence electrons. The molecule has 0 spiro atoms. The van der Waals surface area contributed by atoms with Crippen LogP contribution in [0.3, 0.4) is 0 Å². The van der Waals surface area contributed by atoms with E-state index in [0.29, 0.717) is 13.1 Å². The first kappa shape index (κ1) is 21.9. The van der Waals surface area contributed by atoms with Gasteiger partial charge in [0.05, 0.1) is 23.7 Å². The standard InChI is InChI=1S/C22H25FN4O4/c1-12(2)27-11-14(22(29)30)20(28)15-17(24)16(23)18(21(31-3)19(15)27)26-10-9-25-13-7-5-4-6-8-13/h4-8,11-12,25-26H,9-10,24H2,1-3H3,(H,29,30). The predicted octanol–water partition coefficient (Wildman–Crippen LogP) is 3.53. The summed E-state index contributed by atoms with van der Waals surface area (Å²) < 4.78 is 22.2. The molecule has 31 heavy (non-hydrogen) atoms. The molecule has 0 fully saturated rings. The summed E-state index contributed by atoms with van der Waals surface area (Å²) in [6.45, 7) is 4.45. The molecule has 2 aromatic carbocycles. The maximum absolute atomic E-state index is 15.2. The smallest absolute Gasteiger partial charge is 0.341 e. The van der Waals surface area contributed by atoms with Crippen molar-refractivity contribution in [3.8, 4) is 5.75 Å². The van der Waals surface area contributed by atoms with Gasteiger partial charge in [-0.05, 0) is 26.0 Å². The van der Waals surface area contributed by atoms with Crippen molar-refractivity contribution < 1.29 is 19.0 Å². The first-order chi connectivity index (χ1) is 14.8. The number of nitrogen functional groups attached to an aromatic ring is 1. The average Bonchev–Trinajstić information content (AvgIpc) is 2.74. The number of carboxylic acids is 1. The van der Waals surface area contributed by atoms with E-state index in [2.05, 4.69) is 10.6 Å². The molecule has 0 aliphatic rings. The molecule has 0 radical (unpaired) electrons. The lowest BCUT2D eigenvalue weighted by atomic mass is 10.1. The highest BCUT2D eigenvalue weighted by Crippen LogP contribution is 2.40. The Bertz CT molecular complexity index is 1180. The van der Waals surface area contributed by atoms with Crippen LogP contribution >= 0.6 is 0 Å². The van der Waals surface area contributed by atoms with Gasteiger partial charge >= 0.3 is 5.97 Å². The summed E-state index contributed by atoms with van der Waals surface area (Å²) in [6, 6.07) is 9.30. The van der Waals surface area contributed by atoms with Crippen LogP contribution in [-0.2, 0) is 0 Å². The van der Waals surface area contributed by atoms with Crippen LogP contribution < -0.4 is 26.5 Å². The summed E-state index contributed by atoms with van der Waals surface area (Å²) >= 11 is 0. The summed E-state index contributed by atoms with van der Waals surface area (Å²) in [6.07, 6.45) is 1.23. The highest BCUT2D eigenvalue weighted by atomic mass is 19.1. The van der Waals surface area contributed by atoms with E-state index in [0.717, 1.165) is 5.69 Å². The van der Waals surface area contributed by atoms with Crippen LogP contribution in [0.2, 0.25) is 0 Å². The molecule has 1 aromatic heterocycles. The molecule has 1 heterocycles. The number of pyridine rings is 1. The molecule has 0 aliphatic carbocycles. The molecule has 0 bridgehead atoms. The number of hydrogen-bond acceptors (Lipinski definition) is 6. The van der Waals surface area contributed by atoms with E-state index in [1.165, 1.54) is 13.3 Å². The molecule has 0 saturated carbocycles. The van der Waals surface area contributed by atoms with Crippen LogP contribution in [0.4, 0.5) is 21.5 Å². The number of nitrogens with one attached hydrogen (secondary N) is 2. The molecular formula is C22H25FN4O4. The highest BCUT2D eigenvalue weighted by molar-refractivity contribution is 6.03. The van der Waals surface area contributed by atoms with E-state index in [1.54, 1.807) is 4.57 Å². The fourth-order valence-electron chi connectivity index (χ4n) is 3.44. The Morgan fingerprint density at radius 1 is 1.23 bits per heavy atom. The molecule has 3 aromatic rings. The first-order valence-electron chi connectivity index (χ1n) is 9.77. The zero-order valence-corrected chi connectivity index (χ0v) is 17.5. The van der Waals surface area contributed by atoms with Crippen molar-refractivity contribution in [2.45, 2.75) is 19.9 Å².